The summed E-state index contributed by atoms with van der Waals surface area (Å²) in [5, 5.41) is 7.54. The van der Waals surface area contributed by atoms with Crippen molar-refractivity contribution in [2.75, 3.05) is 31.4 Å². The van der Waals surface area contributed by atoms with Crippen LogP contribution < -0.4 is 10.6 Å². The Kier molecular flexibility index (Phi) is 4.55. The highest BCUT2D eigenvalue weighted by molar-refractivity contribution is 7.18. The molecule has 1 atom stereocenters. The van der Waals surface area contributed by atoms with Crippen molar-refractivity contribution in [3.05, 3.63) is 10.9 Å². The molecule has 0 amide bonds. The molecule has 0 saturated heterocycles. The molecule has 0 aliphatic heterocycles. The molecule has 0 fully saturated rings. The van der Waals surface area contributed by atoms with Gasteiger partial charge in [0.05, 0.1) is 18.0 Å². The van der Waals surface area contributed by atoms with Crippen LogP contribution in [0.25, 0.3) is 10.2 Å². The zero-order valence-corrected chi connectivity index (χ0v) is 12.6. The third kappa shape index (κ3) is 3.13. The Hall–Kier alpha value is -1.40. The molecule has 0 bridgehead atoms. The van der Waals surface area contributed by atoms with Crippen LogP contribution in [0.4, 0.5) is 11.8 Å². The first-order chi connectivity index (χ1) is 9.17. The summed E-state index contributed by atoms with van der Waals surface area (Å²) in [4.78, 5) is 11.2. The summed E-state index contributed by atoms with van der Waals surface area (Å²) in [7, 11) is 3.55. The maximum absolute atomic E-state index is 5.22. The van der Waals surface area contributed by atoms with Crippen LogP contribution >= 0.6 is 11.3 Å². The highest BCUT2D eigenvalue weighted by atomic mass is 32.1. The van der Waals surface area contributed by atoms with Crippen molar-refractivity contribution in [2.45, 2.75) is 26.3 Å². The van der Waals surface area contributed by atoms with E-state index < -0.39 is 0 Å². The van der Waals surface area contributed by atoms with Crippen molar-refractivity contribution in [1.82, 2.24) is 9.97 Å². The van der Waals surface area contributed by atoms with Crippen LogP contribution in [-0.2, 0) is 4.74 Å². The van der Waals surface area contributed by atoms with E-state index in [0.29, 0.717) is 12.6 Å². The lowest BCUT2D eigenvalue weighted by molar-refractivity contribution is 0.184. The zero-order chi connectivity index (χ0) is 13.8. The van der Waals surface area contributed by atoms with Crippen molar-refractivity contribution in [3.63, 3.8) is 0 Å². The van der Waals surface area contributed by atoms with E-state index in [1.165, 1.54) is 4.88 Å². The number of hydrogen-bond acceptors (Lipinski definition) is 6. The van der Waals surface area contributed by atoms with Gasteiger partial charge >= 0.3 is 0 Å². The SMILES string of the molecule is CCC(COC)Nc1nc(NC)nc2sc(C)cc12. The van der Waals surface area contributed by atoms with Gasteiger partial charge in [0, 0.05) is 19.0 Å². The van der Waals surface area contributed by atoms with E-state index in [1.54, 1.807) is 18.4 Å². The first-order valence-corrected chi connectivity index (χ1v) is 7.21. The Morgan fingerprint density at radius 3 is 2.84 bits per heavy atom. The Bertz CT molecular complexity index is 555. The number of aryl methyl sites for hydroxylation is 1. The second-order valence-electron chi connectivity index (χ2n) is 4.43. The van der Waals surface area contributed by atoms with Gasteiger partial charge in [-0.25, -0.2) is 4.98 Å². The smallest absolute Gasteiger partial charge is 0.225 e. The van der Waals surface area contributed by atoms with E-state index in [0.717, 1.165) is 22.5 Å². The number of anilines is 2. The number of methoxy groups -OCH3 is 1. The number of ether oxygens (including phenoxy) is 1. The fourth-order valence-electron chi connectivity index (χ4n) is 1.92. The molecule has 0 aliphatic carbocycles. The van der Waals surface area contributed by atoms with Crippen LogP contribution in [0.5, 0.6) is 0 Å². The van der Waals surface area contributed by atoms with Gasteiger partial charge in [-0.2, -0.15) is 4.98 Å². The minimum atomic E-state index is 0.257. The van der Waals surface area contributed by atoms with Gasteiger partial charge in [0.1, 0.15) is 10.6 Å². The van der Waals surface area contributed by atoms with E-state index in [-0.39, 0.29) is 6.04 Å². The molecule has 2 aromatic rings. The van der Waals surface area contributed by atoms with Crippen molar-refractivity contribution < 1.29 is 4.74 Å². The normalized spacial score (nSPS) is 12.6. The summed E-state index contributed by atoms with van der Waals surface area (Å²) in [6, 6.07) is 2.38. The summed E-state index contributed by atoms with van der Waals surface area (Å²) >= 11 is 1.68. The van der Waals surface area contributed by atoms with Gasteiger partial charge in [0.25, 0.3) is 0 Å². The standard InChI is InChI=1S/C13H20N4OS/c1-5-9(7-18-4)15-11-10-6-8(2)19-12(10)17-13(14-3)16-11/h6,9H,5,7H2,1-4H3,(H2,14,15,16,17). The molecule has 0 aliphatic rings. The first kappa shape index (κ1) is 14.0. The Morgan fingerprint density at radius 1 is 1.42 bits per heavy atom. The van der Waals surface area contributed by atoms with Crippen LogP contribution in [-0.4, -0.2) is 36.8 Å². The molecule has 0 saturated carbocycles. The number of nitrogens with zero attached hydrogens (tertiary/aromatic N) is 2. The van der Waals surface area contributed by atoms with Crippen molar-refractivity contribution in [2.24, 2.45) is 0 Å². The number of rotatable bonds is 6. The molecule has 2 heterocycles. The van der Waals surface area contributed by atoms with Crippen molar-refractivity contribution in [1.29, 1.82) is 0 Å². The lowest BCUT2D eigenvalue weighted by Gasteiger charge is -2.17. The lowest BCUT2D eigenvalue weighted by atomic mass is 10.2. The van der Waals surface area contributed by atoms with E-state index >= 15 is 0 Å². The van der Waals surface area contributed by atoms with Crippen LogP contribution in [0.2, 0.25) is 0 Å². The fourth-order valence-corrected chi connectivity index (χ4v) is 2.80. The number of hydrogen-bond donors (Lipinski definition) is 2. The molecule has 5 nitrogen and oxygen atoms in total. The third-order valence-electron chi connectivity index (χ3n) is 2.94. The number of fused-ring (bicyclic) bond motifs is 1. The first-order valence-electron chi connectivity index (χ1n) is 6.39. The molecular weight excluding hydrogens is 260 g/mol. The van der Waals surface area contributed by atoms with Gasteiger partial charge in [-0.1, -0.05) is 6.92 Å². The second kappa shape index (κ2) is 6.16. The van der Waals surface area contributed by atoms with Gasteiger partial charge in [0.2, 0.25) is 5.95 Å². The predicted molar refractivity (Wildman–Crippen MR) is 81.3 cm³/mol. The molecule has 19 heavy (non-hydrogen) atoms. The summed E-state index contributed by atoms with van der Waals surface area (Å²) in [6.07, 6.45) is 0.983. The summed E-state index contributed by atoms with van der Waals surface area (Å²) < 4.78 is 5.22. The molecule has 0 aromatic carbocycles. The van der Waals surface area contributed by atoms with Gasteiger partial charge in [-0.15, -0.1) is 11.3 Å². The summed E-state index contributed by atoms with van der Waals surface area (Å²) in [5.74, 6) is 1.52. The van der Waals surface area contributed by atoms with E-state index in [2.05, 4.69) is 40.5 Å². The van der Waals surface area contributed by atoms with Gasteiger partial charge in [0.15, 0.2) is 0 Å². The zero-order valence-electron chi connectivity index (χ0n) is 11.8. The molecule has 104 valence electrons. The van der Waals surface area contributed by atoms with Crippen LogP contribution in [0, 0.1) is 6.92 Å². The number of thiophene rings is 1. The highest BCUT2D eigenvalue weighted by Crippen LogP contribution is 2.30. The van der Waals surface area contributed by atoms with Crippen LogP contribution in [0.3, 0.4) is 0 Å². The van der Waals surface area contributed by atoms with E-state index in [1.807, 2.05) is 7.05 Å². The van der Waals surface area contributed by atoms with E-state index in [9.17, 15) is 0 Å². The van der Waals surface area contributed by atoms with Gasteiger partial charge in [-0.3, -0.25) is 0 Å². The Morgan fingerprint density at radius 2 is 2.21 bits per heavy atom. The molecule has 2 N–H and O–H groups in total. The fraction of sp³-hybridized carbons (Fsp3) is 0.538. The minimum absolute atomic E-state index is 0.257. The average molecular weight is 280 g/mol. The Balaban J connectivity index is 2.39. The average Bonchev–Trinajstić information content (AvgIpc) is 2.78. The summed E-state index contributed by atoms with van der Waals surface area (Å²) in [5.41, 5.74) is 0. The summed E-state index contributed by atoms with van der Waals surface area (Å²) in [6.45, 7) is 4.88. The molecule has 0 spiro atoms. The van der Waals surface area contributed by atoms with Gasteiger partial charge < -0.3 is 15.4 Å². The van der Waals surface area contributed by atoms with Crippen molar-refractivity contribution >= 4 is 33.3 Å². The number of nitrogens with one attached hydrogen (secondary N) is 2. The monoisotopic (exact) mass is 280 g/mol. The maximum Gasteiger partial charge on any atom is 0.225 e. The lowest BCUT2D eigenvalue weighted by Crippen LogP contribution is -2.24. The third-order valence-corrected chi connectivity index (χ3v) is 3.89. The van der Waals surface area contributed by atoms with Crippen LogP contribution in [0.1, 0.15) is 18.2 Å². The number of aromatic nitrogens is 2. The molecule has 0 radical (unpaired) electrons. The molecule has 6 heteroatoms. The molecule has 1 unspecified atom stereocenters. The predicted octanol–water partition coefficient (Wildman–Crippen LogP) is 2.88. The minimum Gasteiger partial charge on any atom is -0.383 e. The molecule has 2 aromatic heterocycles. The largest absolute Gasteiger partial charge is 0.383 e. The topological polar surface area (TPSA) is 59.1 Å². The quantitative estimate of drug-likeness (QED) is 0.852. The molecule has 2 rings (SSSR count). The van der Waals surface area contributed by atoms with Crippen molar-refractivity contribution in [3.8, 4) is 0 Å². The second-order valence-corrected chi connectivity index (χ2v) is 5.66. The Labute approximate surface area is 117 Å². The van der Waals surface area contributed by atoms with E-state index in [4.69, 9.17) is 4.74 Å². The van der Waals surface area contributed by atoms with Crippen LogP contribution in [0.15, 0.2) is 6.07 Å². The highest BCUT2D eigenvalue weighted by Gasteiger charge is 2.13. The van der Waals surface area contributed by atoms with Gasteiger partial charge in [-0.05, 0) is 19.4 Å². The molecular formula is C13H20N4OS. The maximum atomic E-state index is 5.22.